The molecule has 0 unspecified atom stereocenters. The zero-order chi connectivity index (χ0) is 14.0. The molecule has 0 fully saturated rings. The van der Waals surface area contributed by atoms with Crippen LogP contribution >= 0.6 is 0 Å². The third kappa shape index (κ3) is 2.87. The van der Waals surface area contributed by atoms with Gasteiger partial charge < -0.3 is 0 Å². The summed E-state index contributed by atoms with van der Waals surface area (Å²) in [4.78, 5) is 15.9. The zero-order valence-electron chi connectivity index (χ0n) is 11.3. The normalized spacial score (nSPS) is 11.4. The minimum atomic E-state index is -0.590. The molecule has 0 atom stereocenters. The van der Waals surface area contributed by atoms with Crippen molar-refractivity contribution in [3.05, 3.63) is 65.2 Å². The first kappa shape index (κ1) is 13.4. The van der Waals surface area contributed by atoms with Gasteiger partial charge in [0.15, 0.2) is 5.82 Å². The van der Waals surface area contributed by atoms with E-state index in [1.54, 1.807) is 12.1 Å². The van der Waals surface area contributed by atoms with Gasteiger partial charge in [0.25, 0.3) is 0 Å². The fourth-order valence-electron chi connectivity index (χ4n) is 1.81. The molecule has 1 aromatic carbocycles. The molecule has 1 heterocycles. The Morgan fingerprint density at radius 1 is 1.11 bits per heavy atom. The van der Waals surface area contributed by atoms with E-state index in [2.05, 4.69) is 25.8 Å². The van der Waals surface area contributed by atoms with E-state index in [1.807, 2.05) is 12.1 Å². The number of halogens is 1. The van der Waals surface area contributed by atoms with Crippen LogP contribution in [0.5, 0.6) is 0 Å². The van der Waals surface area contributed by atoms with Gasteiger partial charge in [-0.3, -0.25) is 4.79 Å². The summed E-state index contributed by atoms with van der Waals surface area (Å²) < 4.78 is 13.5. The molecule has 0 spiro atoms. The Morgan fingerprint density at radius 3 is 2.26 bits per heavy atom. The maximum atomic E-state index is 13.5. The van der Waals surface area contributed by atoms with E-state index in [-0.39, 0.29) is 11.1 Å². The SMILES string of the molecule is CC(C)(C)c1ccc(C(=O)c2ncccc2F)cc1. The summed E-state index contributed by atoms with van der Waals surface area (Å²) >= 11 is 0. The van der Waals surface area contributed by atoms with Crippen LogP contribution in [0.4, 0.5) is 4.39 Å². The van der Waals surface area contributed by atoms with E-state index in [1.165, 1.54) is 18.3 Å². The second-order valence-corrected chi connectivity index (χ2v) is 5.49. The highest BCUT2D eigenvalue weighted by Crippen LogP contribution is 2.23. The molecule has 0 saturated heterocycles. The molecule has 0 N–H and O–H groups in total. The highest BCUT2D eigenvalue weighted by atomic mass is 19.1. The number of carbonyl (C=O) groups excluding carboxylic acids is 1. The monoisotopic (exact) mass is 257 g/mol. The molecule has 2 nitrogen and oxygen atoms in total. The molecule has 0 aliphatic heterocycles. The minimum Gasteiger partial charge on any atom is -0.287 e. The second-order valence-electron chi connectivity index (χ2n) is 5.49. The van der Waals surface area contributed by atoms with Crippen molar-refractivity contribution in [2.75, 3.05) is 0 Å². The predicted octanol–water partition coefficient (Wildman–Crippen LogP) is 3.75. The molecule has 2 rings (SSSR count). The van der Waals surface area contributed by atoms with Gasteiger partial charge in [0.05, 0.1) is 0 Å². The number of carbonyl (C=O) groups is 1. The fourth-order valence-corrected chi connectivity index (χ4v) is 1.81. The molecular weight excluding hydrogens is 241 g/mol. The number of nitrogens with zero attached hydrogens (tertiary/aromatic N) is 1. The number of aromatic nitrogens is 1. The topological polar surface area (TPSA) is 30.0 Å². The van der Waals surface area contributed by atoms with Gasteiger partial charge in [-0.25, -0.2) is 9.37 Å². The van der Waals surface area contributed by atoms with Gasteiger partial charge in [0.2, 0.25) is 5.78 Å². The Balaban J connectivity index is 2.34. The predicted molar refractivity (Wildman–Crippen MR) is 72.8 cm³/mol. The number of hydrogen-bond donors (Lipinski definition) is 0. The molecule has 3 heteroatoms. The van der Waals surface area contributed by atoms with E-state index >= 15 is 0 Å². The largest absolute Gasteiger partial charge is 0.287 e. The van der Waals surface area contributed by atoms with E-state index in [4.69, 9.17) is 0 Å². The first-order chi connectivity index (χ1) is 8.89. The zero-order valence-corrected chi connectivity index (χ0v) is 11.3. The lowest BCUT2D eigenvalue weighted by Gasteiger charge is -2.18. The maximum Gasteiger partial charge on any atom is 0.214 e. The average molecular weight is 257 g/mol. The van der Waals surface area contributed by atoms with Gasteiger partial charge in [-0.2, -0.15) is 0 Å². The summed E-state index contributed by atoms with van der Waals surface area (Å²) in [6.07, 6.45) is 1.42. The Kier molecular flexibility index (Phi) is 3.47. The van der Waals surface area contributed by atoms with Crippen LogP contribution in [-0.4, -0.2) is 10.8 Å². The van der Waals surface area contributed by atoms with Crippen molar-refractivity contribution >= 4 is 5.78 Å². The van der Waals surface area contributed by atoms with Crippen molar-refractivity contribution in [3.8, 4) is 0 Å². The van der Waals surface area contributed by atoms with Gasteiger partial charge in [0.1, 0.15) is 5.69 Å². The molecule has 98 valence electrons. The molecule has 1 aromatic heterocycles. The molecule has 0 amide bonds. The van der Waals surface area contributed by atoms with Crippen LogP contribution in [0, 0.1) is 5.82 Å². The molecule has 0 radical (unpaired) electrons. The van der Waals surface area contributed by atoms with Gasteiger partial charge in [-0.05, 0) is 23.1 Å². The Labute approximate surface area is 112 Å². The molecule has 19 heavy (non-hydrogen) atoms. The van der Waals surface area contributed by atoms with Crippen LogP contribution in [0.1, 0.15) is 42.4 Å². The molecule has 0 aliphatic carbocycles. The standard InChI is InChI=1S/C16H16FNO/c1-16(2,3)12-8-6-11(7-9-12)15(19)14-13(17)5-4-10-18-14/h4-10H,1-3H3. The summed E-state index contributed by atoms with van der Waals surface area (Å²) in [7, 11) is 0. The third-order valence-electron chi connectivity index (χ3n) is 2.99. The van der Waals surface area contributed by atoms with Crippen LogP contribution in [0.2, 0.25) is 0 Å². The minimum absolute atomic E-state index is 0.0256. The number of benzene rings is 1. The van der Waals surface area contributed by atoms with Crippen LogP contribution < -0.4 is 0 Å². The Morgan fingerprint density at radius 2 is 1.74 bits per heavy atom. The number of hydrogen-bond acceptors (Lipinski definition) is 2. The quantitative estimate of drug-likeness (QED) is 0.767. The van der Waals surface area contributed by atoms with E-state index < -0.39 is 11.6 Å². The average Bonchev–Trinajstić information content (AvgIpc) is 2.38. The Bertz CT molecular complexity index is 597. The summed E-state index contributed by atoms with van der Waals surface area (Å²) in [5, 5.41) is 0. The van der Waals surface area contributed by atoms with Crippen molar-refractivity contribution < 1.29 is 9.18 Å². The molecule has 0 bridgehead atoms. The lowest BCUT2D eigenvalue weighted by molar-refractivity contribution is 0.103. The second kappa shape index (κ2) is 4.92. The number of ketones is 1. The molecule has 0 saturated carbocycles. The number of rotatable bonds is 2. The van der Waals surface area contributed by atoms with Gasteiger partial charge in [0, 0.05) is 11.8 Å². The fraction of sp³-hybridized carbons (Fsp3) is 0.250. The van der Waals surface area contributed by atoms with Crippen LogP contribution in [-0.2, 0) is 5.41 Å². The van der Waals surface area contributed by atoms with E-state index in [0.29, 0.717) is 5.56 Å². The Hall–Kier alpha value is -2.03. The smallest absolute Gasteiger partial charge is 0.214 e. The van der Waals surface area contributed by atoms with Crippen molar-refractivity contribution in [3.63, 3.8) is 0 Å². The number of pyridine rings is 1. The summed E-state index contributed by atoms with van der Waals surface area (Å²) in [6, 6.07) is 9.94. The van der Waals surface area contributed by atoms with Crippen molar-refractivity contribution in [1.82, 2.24) is 4.98 Å². The van der Waals surface area contributed by atoms with Crippen molar-refractivity contribution in [2.24, 2.45) is 0 Å². The van der Waals surface area contributed by atoms with Crippen LogP contribution in [0.25, 0.3) is 0 Å². The lowest BCUT2D eigenvalue weighted by atomic mass is 9.86. The molecule has 0 aliphatic rings. The lowest BCUT2D eigenvalue weighted by Crippen LogP contribution is -2.12. The van der Waals surface area contributed by atoms with E-state index in [9.17, 15) is 9.18 Å². The third-order valence-corrected chi connectivity index (χ3v) is 2.99. The van der Waals surface area contributed by atoms with E-state index in [0.717, 1.165) is 5.56 Å². The highest BCUT2D eigenvalue weighted by molar-refractivity contribution is 6.07. The van der Waals surface area contributed by atoms with Gasteiger partial charge in [-0.1, -0.05) is 45.0 Å². The first-order valence-electron chi connectivity index (χ1n) is 6.15. The highest BCUT2D eigenvalue weighted by Gasteiger charge is 2.17. The summed E-state index contributed by atoms with van der Waals surface area (Å²) in [6.45, 7) is 6.30. The molecular formula is C16H16FNO. The summed E-state index contributed by atoms with van der Waals surface area (Å²) in [5.74, 6) is -0.981. The van der Waals surface area contributed by atoms with Gasteiger partial charge >= 0.3 is 0 Å². The van der Waals surface area contributed by atoms with Crippen molar-refractivity contribution in [1.29, 1.82) is 0 Å². The van der Waals surface area contributed by atoms with Gasteiger partial charge in [-0.15, -0.1) is 0 Å². The first-order valence-corrected chi connectivity index (χ1v) is 6.15. The van der Waals surface area contributed by atoms with Crippen molar-refractivity contribution in [2.45, 2.75) is 26.2 Å². The summed E-state index contributed by atoms with van der Waals surface area (Å²) in [5.41, 5.74) is 1.47. The van der Waals surface area contributed by atoms with Crippen LogP contribution in [0.15, 0.2) is 42.6 Å². The molecule has 2 aromatic rings. The van der Waals surface area contributed by atoms with Crippen LogP contribution in [0.3, 0.4) is 0 Å². The maximum absolute atomic E-state index is 13.5.